The second kappa shape index (κ2) is 9.04. The zero-order chi connectivity index (χ0) is 25.7. The van der Waals surface area contributed by atoms with Crippen LogP contribution in [-0.2, 0) is 22.6 Å². The molecule has 3 heterocycles. The fourth-order valence-corrected chi connectivity index (χ4v) is 5.65. The molecule has 2 aliphatic rings. The number of carbonyl (C=O) groups is 2. The van der Waals surface area contributed by atoms with Gasteiger partial charge in [0, 0.05) is 47.3 Å². The Morgan fingerprint density at radius 2 is 1.78 bits per heavy atom. The number of methoxy groups -OCH3 is 1. The van der Waals surface area contributed by atoms with Crippen LogP contribution in [0.15, 0.2) is 72.8 Å². The number of H-pyrrole nitrogens is 1. The minimum Gasteiger partial charge on any atom is -0.595 e. The van der Waals surface area contributed by atoms with E-state index in [1.807, 2.05) is 48.5 Å². The summed E-state index contributed by atoms with van der Waals surface area (Å²) in [6, 6.07) is 20.7. The molecular formula is C28H26N4O5. The molecule has 188 valence electrons. The molecule has 1 saturated heterocycles. The topological polar surface area (TPSA) is 113 Å². The smallest absolute Gasteiger partial charge is 0.246 e. The molecule has 9 nitrogen and oxygen atoms in total. The predicted molar refractivity (Wildman–Crippen MR) is 135 cm³/mol. The molecule has 2 aliphatic heterocycles. The number of para-hydroxylation sites is 2. The van der Waals surface area contributed by atoms with Crippen molar-refractivity contribution < 1.29 is 24.8 Å². The molecule has 37 heavy (non-hydrogen) atoms. The summed E-state index contributed by atoms with van der Waals surface area (Å²) >= 11 is 0. The number of aromatic nitrogens is 1. The third kappa shape index (κ3) is 3.84. The summed E-state index contributed by atoms with van der Waals surface area (Å²) in [6.45, 7) is 0.226. The Morgan fingerprint density at radius 1 is 1.05 bits per heavy atom. The maximum Gasteiger partial charge on any atom is 0.246 e. The van der Waals surface area contributed by atoms with Crippen LogP contribution in [0.1, 0.15) is 28.4 Å². The molecule has 4 aromatic rings. The molecule has 0 bridgehead atoms. The number of hydrogen-bond acceptors (Lipinski definition) is 5. The van der Waals surface area contributed by atoms with Gasteiger partial charge >= 0.3 is 0 Å². The fraction of sp³-hybridized carbons (Fsp3) is 0.214. The summed E-state index contributed by atoms with van der Waals surface area (Å²) in [7, 11) is 1.59. The van der Waals surface area contributed by atoms with Crippen LogP contribution in [0.3, 0.4) is 0 Å². The van der Waals surface area contributed by atoms with E-state index in [1.54, 1.807) is 29.0 Å². The van der Waals surface area contributed by atoms with Gasteiger partial charge in [0.15, 0.2) is 5.69 Å². The van der Waals surface area contributed by atoms with Crippen LogP contribution in [0.4, 0.5) is 5.69 Å². The van der Waals surface area contributed by atoms with E-state index in [2.05, 4.69) is 4.98 Å². The van der Waals surface area contributed by atoms with Gasteiger partial charge in [-0.1, -0.05) is 48.5 Å². The van der Waals surface area contributed by atoms with Crippen molar-refractivity contribution in [3.8, 4) is 5.75 Å². The van der Waals surface area contributed by atoms with Crippen molar-refractivity contribution in [3.05, 3.63) is 100 Å². The van der Waals surface area contributed by atoms with E-state index in [0.29, 0.717) is 12.2 Å². The molecule has 2 amide bonds. The molecule has 0 radical (unpaired) electrons. The zero-order valence-corrected chi connectivity index (χ0v) is 20.2. The van der Waals surface area contributed by atoms with E-state index < -0.39 is 17.3 Å². The molecule has 6 rings (SSSR count). The van der Waals surface area contributed by atoms with Crippen molar-refractivity contribution in [1.29, 1.82) is 0 Å². The molecule has 3 N–H and O–H groups in total. The van der Waals surface area contributed by atoms with E-state index in [4.69, 9.17) is 4.74 Å². The first kappa shape index (κ1) is 23.2. The Kier molecular flexibility index (Phi) is 5.68. The highest BCUT2D eigenvalue weighted by atomic mass is 16.8. The second-order valence-electron chi connectivity index (χ2n) is 9.42. The van der Waals surface area contributed by atoms with Gasteiger partial charge in [-0.05, 0) is 23.3 Å². The number of ether oxygens (including phenoxy) is 1. The van der Waals surface area contributed by atoms with Crippen molar-refractivity contribution in [1.82, 2.24) is 14.8 Å². The molecule has 3 unspecified atom stereocenters. The molecule has 0 saturated carbocycles. The molecule has 0 spiro atoms. The minimum absolute atomic E-state index is 0.0490. The highest BCUT2D eigenvalue weighted by molar-refractivity contribution is 5.97. The summed E-state index contributed by atoms with van der Waals surface area (Å²) in [6.07, 6.45) is 0.399. The summed E-state index contributed by atoms with van der Waals surface area (Å²) < 4.78 is 5.46. The number of aromatic amines is 1. The number of carbonyl (C=O) groups excluding carboxylic acids is 2. The number of rotatable bonds is 5. The van der Waals surface area contributed by atoms with Crippen molar-refractivity contribution in [2.75, 3.05) is 13.7 Å². The van der Waals surface area contributed by atoms with E-state index in [1.165, 1.54) is 12.1 Å². The number of nitrogens with zero attached hydrogens (tertiary/aromatic N) is 2. The summed E-state index contributed by atoms with van der Waals surface area (Å²) in [5, 5.41) is 20.8. The Bertz CT molecular complexity index is 1500. The summed E-state index contributed by atoms with van der Waals surface area (Å²) in [5.41, 5.74) is 4.55. The van der Waals surface area contributed by atoms with Gasteiger partial charge in [-0.15, -0.1) is 0 Å². The average molecular weight is 499 g/mol. The Hall–Kier alpha value is -4.18. The van der Waals surface area contributed by atoms with E-state index in [9.17, 15) is 20.0 Å². The van der Waals surface area contributed by atoms with Gasteiger partial charge in [0.1, 0.15) is 18.3 Å². The maximum atomic E-state index is 13.9. The molecule has 0 aliphatic carbocycles. The largest absolute Gasteiger partial charge is 0.595 e. The number of amides is 2. The van der Waals surface area contributed by atoms with Crippen molar-refractivity contribution in [2.24, 2.45) is 0 Å². The van der Waals surface area contributed by atoms with Crippen molar-refractivity contribution in [3.63, 3.8) is 0 Å². The lowest BCUT2D eigenvalue weighted by atomic mass is 9.86. The average Bonchev–Trinajstić information content (AvgIpc) is 3.29. The van der Waals surface area contributed by atoms with Crippen LogP contribution in [0.2, 0.25) is 0 Å². The lowest BCUT2D eigenvalue weighted by molar-refractivity contribution is -0.991. The second-order valence-corrected chi connectivity index (χ2v) is 9.42. The number of nitrogens with one attached hydrogen (secondary N) is 2. The fourth-order valence-electron chi connectivity index (χ4n) is 5.65. The van der Waals surface area contributed by atoms with Crippen LogP contribution in [-0.4, -0.2) is 51.5 Å². The first-order chi connectivity index (χ1) is 18.0. The van der Waals surface area contributed by atoms with Crippen LogP contribution in [0.5, 0.6) is 5.75 Å². The van der Waals surface area contributed by atoms with Crippen LogP contribution >= 0.6 is 0 Å². The van der Waals surface area contributed by atoms with Crippen molar-refractivity contribution in [2.45, 2.75) is 25.0 Å². The predicted octanol–water partition coefficient (Wildman–Crippen LogP) is 2.47. The molecule has 1 aromatic heterocycles. The molecule has 3 atom stereocenters. The van der Waals surface area contributed by atoms with E-state index in [-0.39, 0.29) is 30.6 Å². The Morgan fingerprint density at radius 3 is 2.54 bits per heavy atom. The standard InChI is InChI=1S/C28H26N4O5/c1-37-24-9-5-2-6-18(24)15-30-16-25(33)31-23(28(30)34)14-21-20-7-3-4-8-22(20)29-26(21)27(31)17-10-12-19(13-11-17)32(35)36/h2-13,23,27,29,32,35H,14-16H2,1H3. The van der Waals surface area contributed by atoms with Gasteiger partial charge in [-0.2, -0.15) is 5.23 Å². The number of quaternary nitrogens is 1. The van der Waals surface area contributed by atoms with Crippen LogP contribution < -0.4 is 9.96 Å². The maximum absolute atomic E-state index is 13.9. The lowest BCUT2D eigenvalue weighted by Gasteiger charge is -2.47. The Balaban J connectivity index is 1.43. The van der Waals surface area contributed by atoms with Gasteiger partial charge in [-0.3, -0.25) is 9.59 Å². The van der Waals surface area contributed by atoms with E-state index in [0.717, 1.165) is 33.3 Å². The van der Waals surface area contributed by atoms with Gasteiger partial charge in [0.25, 0.3) is 0 Å². The third-order valence-electron chi connectivity index (χ3n) is 7.37. The van der Waals surface area contributed by atoms with Gasteiger partial charge in [0.2, 0.25) is 11.8 Å². The summed E-state index contributed by atoms with van der Waals surface area (Å²) in [4.78, 5) is 34.4. The molecule has 9 heteroatoms. The highest BCUT2D eigenvalue weighted by Gasteiger charge is 2.48. The van der Waals surface area contributed by atoms with E-state index >= 15 is 0 Å². The SMILES string of the molecule is COc1ccccc1CN1CC(=O)N2C(Cc3c([nH]c4ccccc34)C2c2ccc([NH+]([O-])O)cc2)C1=O. The number of fused-ring (bicyclic) bond motifs is 4. The Labute approximate surface area is 213 Å². The molecular weight excluding hydrogens is 472 g/mol. The first-order valence-corrected chi connectivity index (χ1v) is 12.1. The van der Waals surface area contributed by atoms with Crippen LogP contribution in [0.25, 0.3) is 10.9 Å². The molecule has 3 aromatic carbocycles. The highest BCUT2D eigenvalue weighted by Crippen LogP contribution is 2.42. The zero-order valence-electron chi connectivity index (χ0n) is 20.2. The lowest BCUT2D eigenvalue weighted by Crippen LogP contribution is -2.99. The normalized spacial score (nSPS) is 20.1. The molecule has 1 fully saturated rings. The first-order valence-electron chi connectivity index (χ1n) is 12.1. The number of piperazine rings is 1. The number of hydrogen-bond donors (Lipinski definition) is 3. The minimum atomic E-state index is -1.02. The van der Waals surface area contributed by atoms with Crippen molar-refractivity contribution >= 4 is 28.4 Å². The van der Waals surface area contributed by atoms with Gasteiger partial charge < -0.3 is 24.7 Å². The summed E-state index contributed by atoms with van der Waals surface area (Å²) in [5.74, 6) is 0.397. The van der Waals surface area contributed by atoms with Crippen LogP contribution in [0, 0.1) is 5.21 Å². The quantitative estimate of drug-likeness (QED) is 0.366. The number of benzene rings is 3. The van der Waals surface area contributed by atoms with Gasteiger partial charge in [-0.25, -0.2) is 5.21 Å². The van der Waals surface area contributed by atoms with Gasteiger partial charge in [0.05, 0.1) is 13.2 Å². The third-order valence-corrected chi connectivity index (χ3v) is 7.37. The monoisotopic (exact) mass is 498 g/mol.